The summed E-state index contributed by atoms with van der Waals surface area (Å²) in [4.78, 5) is 11.0. The van der Waals surface area contributed by atoms with Crippen molar-refractivity contribution in [3.05, 3.63) is 63.6 Å². The number of anilines is 1. The molecule has 0 radical (unpaired) electrons. The summed E-state index contributed by atoms with van der Waals surface area (Å²) in [5.74, 6) is -0.894. The third-order valence-corrected chi connectivity index (χ3v) is 3.74. The molecule has 0 heterocycles. The van der Waals surface area contributed by atoms with Gasteiger partial charge in [-0.1, -0.05) is 28.1 Å². The molecule has 0 amide bonds. The topological polar surface area (TPSA) is 49.3 Å². The molecule has 0 aliphatic rings. The fraction of sp³-hybridized carbons (Fsp3) is 0.188. The maximum Gasteiger partial charge on any atom is 0.335 e. The maximum atomic E-state index is 11.0. The van der Waals surface area contributed by atoms with Gasteiger partial charge in [0.05, 0.1) is 5.56 Å². The minimum Gasteiger partial charge on any atom is -0.478 e. The zero-order valence-corrected chi connectivity index (χ0v) is 12.9. The predicted molar refractivity (Wildman–Crippen MR) is 84.3 cm³/mol. The molecule has 4 heteroatoms. The van der Waals surface area contributed by atoms with E-state index in [4.69, 9.17) is 5.11 Å². The predicted octanol–water partition coefficient (Wildman–Crippen LogP) is 4.63. The number of carboxylic acid groups (broad SMARTS) is 1. The van der Waals surface area contributed by atoms with Gasteiger partial charge in [0.2, 0.25) is 0 Å². The molecular weight excluding hydrogens is 318 g/mol. The molecule has 2 N–H and O–H groups in total. The number of hydrogen-bond donors (Lipinski definition) is 2. The summed E-state index contributed by atoms with van der Waals surface area (Å²) in [5, 5.41) is 12.4. The van der Waals surface area contributed by atoms with E-state index in [0.717, 1.165) is 15.7 Å². The van der Waals surface area contributed by atoms with E-state index >= 15 is 0 Å². The smallest absolute Gasteiger partial charge is 0.335 e. The van der Waals surface area contributed by atoms with Gasteiger partial charge in [-0.25, -0.2) is 4.79 Å². The lowest BCUT2D eigenvalue weighted by Gasteiger charge is -2.16. The van der Waals surface area contributed by atoms with Crippen LogP contribution in [-0.4, -0.2) is 11.1 Å². The minimum absolute atomic E-state index is 0.151. The summed E-state index contributed by atoms with van der Waals surface area (Å²) in [6, 6.07) is 13.6. The summed E-state index contributed by atoms with van der Waals surface area (Å²) >= 11 is 3.42. The van der Waals surface area contributed by atoms with Crippen molar-refractivity contribution in [2.75, 3.05) is 5.32 Å². The van der Waals surface area contributed by atoms with E-state index < -0.39 is 5.97 Å². The molecule has 0 aliphatic heterocycles. The second-order valence-electron chi connectivity index (χ2n) is 4.75. The molecule has 0 bridgehead atoms. The van der Waals surface area contributed by atoms with Crippen LogP contribution in [0.3, 0.4) is 0 Å². The lowest BCUT2D eigenvalue weighted by atomic mass is 10.1. The minimum atomic E-state index is -0.894. The monoisotopic (exact) mass is 333 g/mol. The van der Waals surface area contributed by atoms with E-state index in [1.165, 1.54) is 5.56 Å². The van der Waals surface area contributed by atoms with E-state index in [-0.39, 0.29) is 6.04 Å². The van der Waals surface area contributed by atoms with Crippen LogP contribution < -0.4 is 5.32 Å². The van der Waals surface area contributed by atoms with Crippen molar-refractivity contribution >= 4 is 27.6 Å². The molecule has 2 aromatic rings. The van der Waals surface area contributed by atoms with Gasteiger partial charge >= 0.3 is 5.97 Å². The molecule has 0 saturated heterocycles. The second-order valence-corrected chi connectivity index (χ2v) is 5.67. The van der Waals surface area contributed by atoms with Crippen LogP contribution in [0.2, 0.25) is 0 Å². The van der Waals surface area contributed by atoms with E-state index in [0.29, 0.717) is 5.56 Å². The molecular formula is C16H16BrNO2. The number of aryl methyl sites for hydroxylation is 1. The summed E-state index contributed by atoms with van der Waals surface area (Å²) in [6.45, 7) is 3.88. The van der Waals surface area contributed by atoms with Gasteiger partial charge in [-0.3, -0.25) is 0 Å². The highest BCUT2D eigenvalue weighted by Crippen LogP contribution is 2.22. The van der Waals surface area contributed by atoms with Gasteiger partial charge in [-0.05, 0) is 55.3 Å². The van der Waals surface area contributed by atoms with E-state index in [2.05, 4.69) is 40.3 Å². The number of nitrogens with one attached hydrogen (secondary N) is 1. The average molecular weight is 334 g/mol. The van der Waals surface area contributed by atoms with Crippen LogP contribution in [0.15, 0.2) is 46.9 Å². The van der Waals surface area contributed by atoms with Crippen LogP contribution in [-0.2, 0) is 0 Å². The fourth-order valence-corrected chi connectivity index (χ4v) is 2.34. The standard InChI is InChI=1S/C16H16BrNO2/c1-10-9-14(7-8-15(10)16(19)20)18-11(2)12-3-5-13(17)6-4-12/h3-9,11,18H,1-2H3,(H,19,20). The first-order valence-corrected chi connectivity index (χ1v) is 7.12. The number of carboxylic acids is 1. The van der Waals surface area contributed by atoms with Crippen LogP contribution >= 0.6 is 15.9 Å². The highest BCUT2D eigenvalue weighted by atomic mass is 79.9. The Morgan fingerprint density at radius 3 is 2.40 bits per heavy atom. The number of benzene rings is 2. The first-order valence-electron chi connectivity index (χ1n) is 6.33. The van der Waals surface area contributed by atoms with Crippen LogP contribution in [0.5, 0.6) is 0 Å². The number of hydrogen-bond acceptors (Lipinski definition) is 2. The maximum absolute atomic E-state index is 11.0. The molecule has 3 nitrogen and oxygen atoms in total. The van der Waals surface area contributed by atoms with E-state index in [1.54, 1.807) is 19.1 Å². The van der Waals surface area contributed by atoms with Gasteiger partial charge in [-0.2, -0.15) is 0 Å². The first kappa shape index (κ1) is 14.6. The molecule has 1 atom stereocenters. The number of halogens is 1. The molecule has 2 aromatic carbocycles. The second kappa shape index (κ2) is 6.09. The normalized spacial score (nSPS) is 11.9. The Morgan fingerprint density at radius 2 is 1.85 bits per heavy atom. The molecule has 0 spiro atoms. The summed E-state index contributed by atoms with van der Waals surface area (Å²) < 4.78 is 1.05. The van der Waals surface area contributed by atoms with Crippen LogP contribution in [0, 0.1) is 6.92 Å². The summed E-state index contributed by atoms with van der Waals surface area (Å²) in [6.07, 6.45) is 0. The van der Waals surface area contributed by atoms with Crippen molar-refractivity contribution in [1.82, 2.24) is 0 Å². The molecule has 0 saturated carbocycles. The zero-order chi connectivity index (χ0) is 14.7. The molecule has 104 valence electrons. The van der Waals surface area contributed by atoms with E-state index in [1.807, 2.05) is 18.2 Å². The Kier molecular flexibility index (Phi) is 4.45. The third kappa shape index (κ3) is 3.39. The molecule has 1 unspecified atom stereocenters. The lowest BCUT2D eigenvalue weighted by Crippen LogP contribution is -2.07. The Bertz CT molecular complexity index is 623. The zero-order valence-electron chi connectivity index (χ0n) is 11.4. The molecule has 2 rings (SSSR count). The number of rotatable bonds is 4. The van der Waals surface area contributed by atoms with Crippen molar-refractivity contribution in [3.63, 3.8) is 0 Å². The van der Waals surface area contributed by atoms with Gasteiger partial charge in [0.1, 0.15) is 0 Å². The third-order valence-electron chi connectivity index (χ3n) is 3.21. The van der Waals surface area contributed by atoms with Crippen molar-refractivity contribution in [2.45, 2.75) is 19.9 Å². The van der Waals surface area contributed by atoms with E-state index in [9.17, 15) is 4.79 Å². The van der Waals surface area contributed by atoms with Crippen molar-refractivity contribution in [1.29, 1.82) is 0 Å². The lowest BCUT2D eigenvalue weighted by molar-refractivity contribution is 0.0696. The number of aromatic carboxylic acids is 1. The highest BCUT2D eigenvalue weighted by molar-refractivity contribution is 9.10. The van der Waals surface area contributed by atoms with Crippen molar-refractivity contribution < 1.29 is 9.90 Å². The van der Waals surface area contributed by atoms with Gasteiger partial charge in [0.25, 0.3) is 0 Å². The largest absolute Gasteiger partial charge is 0.478 e. The SMILES string of the molecule is Cc1cc(NC(C)c2ccc(Br)cc2)ccc1C(=O)O. The Morgan fingerprint density at radius 1 is 1.20 bits per heavy atom. The van der Waals surface area contributed by atoms with Gasteiger partial charge < -0.3 is 10.4 Å². The molecule has 20 heavy (non-hydrogen) atoms. The Balaban J connectivity index is 2.15. The van der Waals surface area contributed by atoms with Crippen molar-refractivity contribution in [2.24, 2.45) is 0 Å². The van der Waals surface area contributed by atoms with Crippen molar-refractivity contribution in [3.8, 4) is 0 Å². The van der Waals surface area contributed by atoms with Gasteiger partial charge in [0.15, 0.2) is 0 Å². The molecule has 0 fully saturated rings. The molecule has 0 aliphatic carbocycles. The fourth-order valence-electron chi connectivity index (χ4n) is 2.08. The van der Waals surface area contributed by atoms with Gasteiger partial charge in [0, 0.05) is 16.2 Å². The van der Waals surface area contributed by atoms with Crippen LogP contribution in [0.1, 0.15) is 34.5 Å². The first-order chi connectivity index (χ1) is 9.47. The average Bonchev–Trinajstić information content (AvgIpc) is 2.39. The number of carbonyl (C=O) groups is 1. The highest BCUT2D eigenvalue weighted by Gasteiger charge is 2.09. The van der Waals surface area contributed by atoms with Crippen LogP contribution in [0.4, 0.5) is 5.69 Å². The molecule has 0 aromatic heterocycles. The Hall–Kier alpha value is -1.81. The van der Waals surface area contributed by atoms with Gasteiger partial charge in [-0.15, -0.1) is 0 Å². The quantitative estimate of drug-likeness (QED) is 0.857. The summed E-state index contributed by atoms with van der Waals surface area (Å²) in [7, 11) is 0. The Labute approximate surface area is 126 Å². The summed E-state index contributed by atoms with van der Waals surface area (Å²) in [5.41, 5.74) is 3.19. The van der Waals surface area contributed by atoms with Crippen LogP contribution in [0.25, 0.3) is 0 Å².